The number of anilines is 1. The van der Waals surface area contributed by atoms with Gasteiger partial charge in [0.1, 0.15) is 5.84 Å². The van der Waals surface area contributed by atoms with E-state index in [-0.39, 0.29) is 6.03 Å². The largest absolute Gasteiger partial charge is 0.363 e. The topological polar surface area (TPSA) is 44.7 Å². The number of aliphatic imine (C=N–C) groups is 1. The van der Waals surface area contributed by atoms with Gasteiger partial charge in [-0.15, -0.1) is 0 Å². The molecule has 1 aromatic carbocycles. The molecule has 0 bridgehead atoms. The fourth-order valence-corrected chi connectivity index (χ4v) is 2.17. The Morgan fingerprint density at radius 1 is 1.53 bits per heavy atom. The van der Waals surface area contributed by atoms with Gasteiger partial charge in [0.05, 0.1) is 0 Å². The molecule has 0 radical (unpaired) electrons. The molecule has 0 saturated carbocycles. The summed E-state index contributed by atoms with van der Waals surface area (Å²) in [5, 5.41) is 2.75. The van der Waals surface area contributed by atoms with Gasteiger partial charge in [-0.05, 0) is 24.6 Å². The van der Waals surface area contributed by atoms with Gasteiger partial charge in [0.25, 0.3) is 0 Å². The first-order chi connectivity index (χ1) is 8.15. The molecule has 2 rings (SSSR count). The summed E-state index contributed by atoms with van der Waals surface area (Å²) in [6, 6.07) is 7.14. The highest BCUT2D eigenvalue weighted by Crippen LogP contribution is 2.16. The smallest absolute Gasteiger partial charge is 0.347 e. The molecule has 1 N–H and O–H groups in total. The van der Waals surface area contributed by atoms with E-state index in [2.05, 4.69) is 26.2 Å². The molecule has 17 heavy (non-hydrogen) atoms. The lowest BCUT2D eigenvalue weighted by Crippen LogP contribution is -2.21. The van der Waals surface area contributed by atoms with E-state index < -0.39 is 0 Å². The summed E-state index contributed by atoms with van der Waals surface area (Å²) in [7, 11) is 1.96. The molecule has 1 aromatic rings. The van der Waals surface area contributed by atoms with Crippen LogP contribution in [0.5, 0.6) is 0 Å². The molecule has 1 fully saturated rings. The summed E-state index contributed by atoms with van der Waals surface area (Å²) in [5.41, 5.74) is 0.745. The summed E-state index contributed by atoms with van der Waals surface area (Å²) in [5.74, 6) is 0.859. The third-order valence-electron chi connectivity index (χ3n) is 2.64. The van der Waals surface area contributed by atoms with Crippen molar-refractivity contribution in [2.24, 2.45) is 4.99 Å². The van der Waals surface area contributed by atoms with Crippen molar-refractivity contribution in [2.45, 2.75) is 12.8 Å². The van der Waals surface area contributed by atoms with Crippen LogP contribution >= 0.6 is 15.9 Å². The molecular formula is C12H14BrN3O. The van der Waals surface area contributed by atoms with Crippen LogP contribution < -0.4 is 5.32 Å². The maximum Gasteiger partial charge on any atom is 0.347 e. The maximum atomic E-state index is 11.7. The van der Waals surface area contributed by atoms with Crippen LogP contribution in [0.4, 0.5) is 10.5 Å². The highest BCUT2D eigenvalue weighted by molar-refractivity contribution is 9.10. The van der Waals surface area contributed by atoms with E-state index in [1.54, 1.807) is 0 Å². The highest BCUT2D eigenvalue weighted by Gasteiger charge is 2.15. The standard InChI is InChI=1S/C12H14BrN3O/c1-16-7-3-6-11(16)15-12(17)14-10-5-2-4-9(13)8-10/h2,4-5,8H,3,6-7H2,1H3,(H,14,17)/b15-11+. The van der Waals surface area contributed by atoms with Gasteiger partial charge < -0.3 is 10.2 Å². The molecule has 1 saturated heterocycles. The minimum Gasteiger partial charge on any atom is -0.363 e. The Morgan fingerprint density at radius 3 is 3.00 bits per heavy atom. The lowest BCUT2D eigenvalue weighted by atomic mass is 10.3. The van der Waals surface area contributed by atoms with Crippen LogP contribution in [0.15, 0.2) is 33.7 Å². The molecule has 0 unspecified atom stereocenters. The van der Waals surface area contributed by atoms with E-state index in [0.717, 1.165) is 35.4 Å². The number of carbonyl (C=O) groups excluding carboxylic acids is 1. The highest BCUT2D eigenvalue weighted by atomic mass is 79.9. The summed E-state index contributed by atoms with van der Waals surface area (Å²) >= 11 is 3.35. The zero-order valence-electron chi connectivity index (χ0n) is 9.61. The number of carbonyl (C=O) groups is 1. The van der Waals surface area contributed by atoms with Gasteiger partial charge in [-0.25, -0.2) is 4.79 Å². The number of nitrogens with zero attached hydrogens (tertiary/aromatic N) is 2. The van der Waals surface area contributed by atoms with E-state index >= 15 is 0 Å². The summed E-state index contributed by atoms with van der Waals surface area (Å²) < 4.78 is 0.931. The van der Waals surface area contributed by atoms with Crippen LogP contribution in [0.3, 0.4) is 0 Å². The van der Waals surface area contributed by atoms with Crippen molar-refractivity contribution in [3.05, 3.63) is 28.7 Å². The van der Waals surface area contributed by atoms with Gasteiger partial charge in [0.2, 0.25) is 0 Å². The molecule has 1 heterocycles. The van der Waals surface area contributed by atoms with Crippen LogP contribution in [-0.4, -0.2) is 30.4 Å². The Morgan fingerprint density at radius 2 is 2.35 bits per heavy atom. The molecule has 4 nitrogen and oxygen atoms in total. The second kappa shape index (κ2) is 5.31. The van der Waals surface area contributed by atoms with Crippen molar-refractivity contribution >= 4 is 33.5 Å². The molecule has 1 aliphatic heterocycles. The summed E-state index contributed by atoms with van der Waals surface area (Å²) in [6.07, 6.45) is 1.95. The van der Waals surface area contributed by atoms with E-state index in [9.17, 15) is 4.79 Å². The molecule has 0 aliphatic carbocycles. The molecule has 0 aromatic heterocycles. The van der Waals surface area contributed by atoms with Crippen molar-refractivity contribution in [3.63, 3.8) is 0 Å². The zero-order valence-corrected chi connectivity index (χ0v) is 11.2. The van der Waals surface area contributed by atoms with E-state index in [0.29, 0.717) is 0 Å². The lowest BCUT2D eigenvalue weighted by Gasteiger charge is -2.10. The van der Waals surface area contributed by atoms with Gasteiger partial charge in [0, 0.05) is 30.2 Å². The minimum atomic E-state index is -0.313. The van der Waals surface area contributed by atoms with Crippen LogP contribution in [0.1, 0.15) is 12.8 Å². The Hall–Kier alpha value is -1.36. The monoisotopic (exact) mass is 295 g/mol. The van der Waals surface area contributed by atoms with Crippen molar-refractivity contribution in [2.75, 3.05) is 18.9 Å². The normalized spacial score (nSPS) is 17.5. The second-order valence-corrected chi connectivity index (χ2v) is 4.91. The Bertz CT molecular complexity index is 459. The first-order valence-corrected chi connectivity index (χ1v) is 6.30. The number of hydrogen-bond donors (Lipinski definition) is 1. The van der Waals surface area contributed by atoms with Gasteiger partial charge in [-0.3, -0.25) is 0 Å². The number of rotatable bonds is 1. The van der Waals surface area contributed by atoms with E-state index in [1.165, 1.54) is 0 Å². The van der Waals surface area contributed by atoms with Crippen LogP contribution in [0.25, 0.3) is 0 Å². The third kappa shape index (κ3) is 3.30. The molecule has 0 atom stereocenters. The average molecular weight is 296 g/mol. The van der Waals surface area contributed by atoms with Crippen LogP contribution in [0, 0.1) is 0 Å². The summed E-state index contributed by atoms with van der Waals surface area (Å²) in [4.78, 5) is 17.8. The fraction of sp³-hybridized carbons (Fsp3) is 0.333. The van der Waals surface area contributed by atoms with Crippen molar-refractivity contribution < 1.29 is 4.79 Å². The van der Waals surface area contributed by atoms with E-state index in [1.807, 2.05) is 36.2 Å². The predicted molar refractivity (Wildman–Crippen MR) is 72.5 cm³/mol. The SMILES string of the molecule is CN1CCC/C1=N\C(=O)Nc1cccc(Br)c1. The molecular weight excluding hydrogens is 282 g/mol. The number of likely N-dealkylation sites (tertiary alicyclic amines) is 1. The molecule has 90 valence electrons. The maximum absolute atomic E-state index is 11.7. The van der Waals surface area contributed by atoms with Gasteiger partial charge in [-0.2, -0.15) is 4.99 Å². The van der Waals surface area contributed by atoms with Crippen molar-refractivity contribution in [3.8, 4) is 0 Å². The van der Waals surface area contributed by atoms with Crippen molar-refractivity contribution in [1.29, 1.82) is 0 Å². The van der Waals surface area contributed by atoms with Gasteiger partial charge >= 0.3 is 6.03 Å². The Balaban J connectivity index is 2.02. The summed E-state index contributed by atoms with van der Waals surface area (Å²) in [6.45, 7) is 0.975. The molecule has 1 aliphatic rings. The van der Waals surface area contributed by atoms with E-state index in [4.69, 9.17) is 0 Å². The molecule has 2 amide bonds. The third-order valence-corrected chi connectivity index (χ3v) is 3.13. The average Bonchev–Trinajstić information content (AvgIpc) is 2.64. The van der Waals surface area contributed by atoms with Gasteiger partial charge in [0.15, 0.2) is 0 Å². The number of halogens is 1. The van der Waals surface area contributed by atoms with Gasteiger partial charge in [-0.1, -0.05) is 22.0 Å². The fourth-order valence-electron chi connectivity index (χ4n) is 1.77. The Labute approximate surface area is 109 Å². The van der Waals surface area contributed by atoms with Crippen LogP contribution in [0.2, 0.25) is 0 Å². The minimum absolute atomic E-state index is 0.313. The Kier molecular flexibility index (Phi) is 3.78. The first-order valence-electron chi connectivity index (χ1n) is 5.50. The number of urea groups is 1. The molecule has 5 heteroatoms. The number of amidine groups is 1. The lowest BCUT2D eigenvalue weighted by molar-refractivity contribution is 0.259. The number of nitrogens with one attached hydrogen (secondary N) is 1. The predicted octanol–water partition coefficient (Wildman–Crippen LogP) is 3.11. The van der Waals surface area contributed by atoms with Crippen molar-refractivity contribution in [1.82, 2.24) is 4.90 Å². The molecule has 0 spiro atoms. The first kappa shape index (κ1) is 12.1. The number of hydrogen-bond acceptors (Lipinski definition) is 1. The second-order valence-electron chi connectivity index (χ2n) is 3.99. The quantitative estimate of drug-likeness (QED) is 0.865. The zero-order chi connectivity index (χ0) is 12.3. The number of benzene rings is 1. The number of amides is 2. The van der Waals surface area contributed by atoms with Crippen LogP contribution in [-0.2, 0) is 0 Å².